The van der Waals surface area contributed by atoms with Crippen molar-refractivity contribution in [1.82, 2.24) is 10.9 Å². The fraction of sp³-hybridized carbons (Fsp3) is 0.222. The second-order valence-electron chi connectivity index (χ2n) is 4.84. The van der Waals surface area contributed by atoms with Crippen LogP contribution in [0.3, 0.4) is 0 Å². The second kappa shape index (κ2) is 9.32. The number of hydrogen-bond donors (Lipinski definition) is 2. The molecule has 24 heavy (non-hydrogen) atoms. The van der Waals surface area contributed by atoms with Crippen LogP contribution in [-0.2, 0) is 4.74 Å². The molecule has 0 aliphatic rings. The van der Waals surface area contributed by atoms with Crippen LogP contribution < -0.4 is 15.6 Å². The average molecular weight is 328 g/mol. The van der Waals surface area contributed by atoms with Crippen molar-refractivity contribution in [2.45, 2.75) is 6.92 Å². The molecule has 0 aliphatic carbocycles. The number of amides is 2. The fourth-order valence-corrected chi connectivity index (χ4v) is 1.91. The molecule has 0 bridgehead atoms. The lowest BCUT2D eigenvalue weighted by Crippen LogP contribution is -2.41. The molecule has 0 aliphatic heterocycles. The van der Waals surface area contributed by atoms with E-state index in [1.165, 1.54) is 0 Å². The molecule has 2 aromatic rings. The Labute approximate surface area is 140 Å². The Hall–Kier alpha value is -2.86. The van der Waals surface area contributed by atoms with Gasteiger partial charge in [0, 0.05) is 17.7 Å². The number of carbonyl (C=O) groups excluding carboxylic acids is 2. The first-order valence-electron chi connectivity index (χ1n) is 7.67. The largest absolute Gasteiger partial charge is 0.491 e. The summed E-state index contributed by atoms with van der Waals surface area (Å²) >= 11 is 0. The van der Waals surface area contributed by atoms with Crippen LogP contribution in [0.2, 0.25) is 0 Å². The maximum absolute atomic E-state index is 12.0. The van der Waals surface area contributed by atoms with E-state index in [-0.39, 0.29) is 5.91 Å². The van der Waals surface area contributed by atoms with Crippen LogP contribution in [0.5, 0.6) is 5.75 Å². The summed E-state index contributed by atoms with van der Waals surface area (Å²) in [5.41, 5.74) is 5.64. The Morgan fingerprint density at radius 2 is 1.42 bits per heavy atom. The van der Waals surface area contributed by atoms with Crippen molar-refractivity contribution in [2.24, 2.45) is 0 Å². The SMILES string of the molecule is CCOCCOc1ccc(C(=O)NNC(=O)c2ccccc2)cc1. The van der Waals surface area contributed by atoms with Gasteiger partial charge in [0.2, 0.25) is 0 Å². The third kappa shape index (κ3) is 5.40. The molecule has 0 saturated carbocycles. The molecular formula is C18H20N2O4. The van der Waals surface area contributed by atoms with Crippen molar-refractivity contribution >= 4 is 11.8 Å². The van der Waals surface area contributed by atoms with E-state index < -0.39 is 5.91 Å². The molecule has 126 valence electrons. The maximum Gasteiger partial charge on any atom is 0.269 e. The van der Waals surface area contributed by atoms with Crippen molar-refractivity contribution in [1.29, 1.82) is 0 Å². The van der Waals surface area contributed by atoms with Crippen LogP contribution in [0, 0.1) is 0 Å². The van der Waals surface area contributed by atoms with Gasteiger partial charge in [0.15, 0.2) is 0 Å². The van der Waals surface area contributed by atoms with Crippen molar-refractivity contribution in [3.05, 3.63) is 65.7 Å². The Balaban J connectivity index is 1.81. The molecule has 2 aromatic carbocycles. The van der Waals surface area contributed by atoms with E-state index in [2.05, 4.69) is 10.9 Å². The number of hydrazine groups is 1. The zero-order valence-electron chi connectivity index (χ0n) is 13.5. The molecule has 2 rings (SSSR count). The summed E-state index contributed by atoms with van der Waals surface area (Å²) in [4.78, 5) is 23.9. The zero-order chi connectivity index (χ0) is 17.2. The first kappa shape index (κ1) is 17.5. The zero-order valence-corrected chi connectivity index (χ0v) is 13.5. The highest BCUT2D eigenvalue weighted by Gasteiger charge is 2.08. The smallest absolute Gasteiger partial charge is 0.269 e. The van der Waals surface area contributed by atoms with Crippen LogP contribution in [0.4, 0.5) is 0 Å². The highest BCUT2D eigenvalue weighted by Crippen LogP contribution is 2.12. The summed E-state index contributed by atoms with van der Waals surface area (Å²) < 4.78 is 10.7. The van der Waals surface area contributed by atoms with Gasteiger partial charge in [-0.2, -0.15) is 0 Å². The van der Waals surface area contributed by atoms with Gasteiger partial charge in [-0.1, -0.05) is 18.2 Å². The van der Waals surface area contributed by atoms with Gasteiger partial charge in [0.1, 0.15) is 12.4 Å². The Morgan fingerprint density at radius 3 is 2.00 bits per heavy atom. The quantitative estimate of drug-likeness (QED) is 0.603. The highest BCUT2D eigenvalue weighted by molar-refractivity contribution is 5.99. The normalized spacial score (nSPS) is 10.0. The second-order valence-corrected chi connectivity index (χ2v) is 4.84. The number of hydrogen-bond acceptors (Lipinski definition) is 4. The number of nitrogens with one attached hydrogen (secondary N) is 2. The molecular weight excluding hydrogens is 308 g/mol. The van der Waals surface area contributed by atoms with Crippen LogP contribution >= 0.6 is 0 Å². The van der Waals surface area contributed by atoms with Gasteiger partial charge in [-0.25, -0.2) is 0 Å². The molecule has 0 fully saturated rings. The minimum atomic E-state index is -0.403. The lowest BCUT2D eigenvalue weighted by atomic mass is 10.2. The highest BCUT2D eigenvalue weighted by atomic mass is 16.5. The molecule has 0 radical (unpaired) electrons. The molecule has 6 nitrogen and oxygen atoms in total. The first-order valence-corrected chi connectivity index (χ1v) is 7.67. The predicted molar refractivity (Wildman–Crippen MR) is 89.8 cm³/mol. The van der Waals surface area contributed by atoms with E-state index in [1.807, 2.05) is 13.0 Å². The van der Waals surface area contributed by atoms with Gasteiger partial charge in [-0.15, -0.1) is 0 Å². The summed E-state index contributed by atoms with van der Waals surface area (Å²) in [7, 11) is 0. The maximum atomic E-state index is 12.0. The monoisotopic (exact) mass is 328 g/mol. The van der Waals surface area contributed by atoms with Crippen molar-refractivity contribution < 1.29 is 19.1 Å². The number of carbonyl (C=O) groups is 2. The molecule has 2 amide bonds. The molecule has 2 N–H and O–H groups in total. The van der Waals surface area contributed by atoms with E-state index >= 15 is 0 Å². The van der Waals surface area contributed by atoms with Gasteiger partial charge < -0.3 is 9.47 Å². The average Bonchev–Trinajstić information content (AvgIpc) is 2.64. The Morgan fingerprint density at radius 1 is 0.833 bits per heavy atom. The molecule has 0 spiro atoms. The Kier molecular flexibility index (Phi) is 6.79. The summed E-state index contributed by atoms with van der Waals surface area (Å²) in [6.45, 7) is 3.54. The van der Waals surface area contributed by atoms with Crippen molar-refractivity contribution in [3.63, 3.8) is 0 Å². The van der Waals surface area contributed by atoms with E-state index in [0.717, 1.165) is 0 Å². The minimum absolute atomic E-state index is 0.375. The van der Waals surface area contributed by atoms with Crippen LogP contribution in [0.15, 0.2) is 54.6 Å². The third-order valence-corrected chi connectivity index (χ3v) is 3.14. The summed E-state index contributed by atoms with van der Waals surface area (Å²) in [6, 6.07) is 15.3. The lowest BCUT2D eigenvalue weighted by molar-refractivity contribution is 0.0846. The van der Waals surface area contributed by atoms with Gasteiger partial charge in [-0.05, 0) is 43.3 Å². The minimum Gasteiger partial charge on any atom is -0.491 e. The van der Waals surface area contributed by atoms with Crippen LogP contribution in [0.1, 0.15) is 27.6 Å². The summed E-state index contributed by atoms with van der Waals surface area (Å²) in [5.74, 6) is -0.125. The molecule has 0 atom stereocenters. The van der Waals surface area contributed by atoms with E-state index in [1.54, 1.807) is 48.5 Å². The molecule has 0 saturated heterocycles. The van der Waals surface area contributed by atoms with Crippen molar-refractivity contribution in [3.8, 4) is 5.75 Å². The van der Waals surface area contributed by atoms with E-state index in [4.69, 9.17) is 9.47 Å². The number of rotatable bonds is 7. The third-order valence-electron chi connectivity index (χ3n) is 3.14. The topological polar surface area (TPSA) is 76.7 Å². The lowest BCUT2D eigenvalue weighted by Gasteiger charge is -2.09. The van der Waals surface area contributed by atoms with Gasteiger partial charge >= 0.3 is 0 Å². The first-order chi connectivity index (χ1) is 11.7. The standard InChI is InChI=1S/C18H20N2O4/c1-2-23-12-13-24-16-10-8-15(9-11-16)18(22)20-19-17(21)14-6-4-3-5-7-14/h3-11H,2,12-13H2,1H3,(H,19,21)(H,20,22). The van der Waals surface area contributed by atoms with Crippen LogP contribution in [0.25, 0.3) is 0 Å². The summed E-state index contributed by atoms with van der Waals surface area (Å²) in [5, 5.41) is 0. The Bertz CT molecular complexity index is 656. The molecule has 0 unspecified atom stereocenters. The predicted octanol–water partition coefficient (Wildman–Crippen LogP) is 2.18. The van der Waals surface area contributed by atoms with E-state index in [9.17, 15) is 9.59 Å². The van der Waals surface area contributed by atoms with Crippen molar-refractivity contribution in [2.75, 3.05) is 19.8 Å². The van der Waals surface area contributed by atoms with Crippen LogP contribution in [-0.4, -0.2) is 31.6 Å². The van der Waals surface area contributed by atoms with Gasteiger partial charge in [0.05, 0.1) is 6.61 Å². The fourth-order valence-electron chi connectivity index (χ4n) is 1.91. The van der Waals surface area contributed by atoms with Gasteiger partial charge in [0.25, 0.3) is 11.8 Å². The molecule has 0 aromatic heterocycles. The molecule has 0 heterocycles. The van der Waals surface area contributed by atoms with Gasteiger partial charge in [-0.3, -0.25) is 20.4 Å². The number of ether oxygens (including phenoxy) is 2. The molecule has 6 heteroatoms. The summed E-state index contributed by atoms with van der Waals surface area (Å²) in [6.07, 6.45) is 0. The van der Waals surface area contributed by atoms with E-state index in [0.29, 0.717) is 36.7 Å². The number of benzene rings is 2.